The monoisotopic (exact) mass is 283 g/mol. The molecule has 0 bridgehead atoms. The largest absolute Gasteiger partial charge is 0.350 e. The Bertz CT molecular complexity index is 767. The average molecular weight is 283 g/mol. The van der Waals surface area contributed by atoms with Crippen LogP contribution in [-0.4, -0.2) is 41.5 Å². The molecular weight excluding hydrogens is 266 g/mol. The van der Waals surface area contributed by atoms with E-state index in [9.17, 15) is 9.59 Å². The van der Waals surface area contributed by atoms with Crippen LogP contribution in [0, 0.1) is 5.92 Å². The molecule has 2 atom stereocenters. The normalized spacial score (nSPS) is 24.5. The number of H-pyrrole nitrogens is 1. The summed E-state index contributed by atoms with van der Waals surface area (Å²) in [6.45, 7) is 2.63. The number of nitrogens with zero attached hydrogens (tertiary/aromatic N) is 1. The summed E-state index contributed by atoms with van der Waals surface area (Å²) in [5.74, 6) is 0.496. The molecule has 108 valence electrons. The SMILES string of the molecule is O=C(c1cc(=O)c2ccccc2[nH]1)N1CC[C@H]2CNC[C@H]21. The molecule has 1 aromatic heterocycles. The number of carbonyl (C=O) groups excluding carboxylic acids is 1. The van der Waals surface area contributed by atoms with E-state index in [2.05, 4.69) is 10.3 Å². The van der Waals surface area contributed by atoms with Crippen molar-refractivity contribution in [3.8, 4) is 0 Å². The predicted molar refractivity (Wildman–Crippen MR) is 80.4 cm³/mol. The van der Waals surface area contributed by atoms with E-state index in [-0.39, 0.29) is 17.4 Å². The Hall–Kier alpha value is -2.14. The molecule has 2 saturated heterocycles. The van der Waals surface area contributed by atoms with Crippen LogP contribution in [0.2, 0.25) is 0 Å². The van der Waals surface area contributed by atoms with Crippen molar-refractivity contribution >= 4 is 16.8 Å². The minimum absolute atomic E-state index is 0.0611. The Kier molecular flexibility index (Phi) is 2.82. The fourth-order valence-corrected chi connectivity index (χ4v) is 3.57. The number of rotatable bonds is 1. The number of para-hydroxylation sites is 1. The van der Waals surface area contributed by atoms with Gasteiger partial charge in [0.1, 0.15) is 5.69 Å². The fraction of sp³-hybridized carbons (Fsp3) is 0.375. The van der Waals surface area contributed by atoms with Gasteiger partial charge in [0.05, 0.1) is 0 Å². The molecule has 3 heterocycles. The topological polar surface area (TPSA) is 65.2 Å². The first kappa shape index (κ1) is 12.6. The molecule has 21 heavy (non-hydrogen) atoms. The van der Waals surface area contributed by atoms with Crippen molar-refractivity contribution in [3.63, 3.8) is 0 Å². The molecule has 2 N–H and O–H groups in total. The van der Waals surface area contributed by atoms with Crippen LogP contribution in [0.3, 0.4) is 0 Å². The van der Waals surface area contributed by atoms with Crippen molar-refractivity contribution in [2.45, 2.75) is 12.5 Å². The quantitative estimate of drug-likeness (QED) is 0.819. The second-order valence-corrected chi connectivity index (χ2v) is 5.87. The van der Waals surface area contributed by atoms with E-state index in [0.717, 1.165) is 26.1 Å². The molecule has 0 spiro atoms. The van der Waals surface area contributed by atoms with Gasteiger partial charge >= 0.3 is 0 Å². The number of nitrogens with one attached hydrogen (secondary N) is 2. The highest BCUT2D eigenvalue weighted by Crippen LogP contribution is 2.28. The molecule has 0 saturated carbocycles. The van der Waals surface area contributed by atoms with Crippen molar-refractivity contribution in [1.82, 2.24) is 15.2 Å². The molecule has 4 rings (SSSR count). The minimum Gasteiger partial charge on any atom is -0.350 e. The Morgan fingerprint density at radius 2 is 2.10 bits per heavy atom. The Morgan fingerprint density at radius 1 is 1.24 bits per heavy atom. The summed E-state index contributed by atoms with van der Waals surface area (Å²) >= 11 is 0. The number of pyridine rings is 1. The van der Waals surface area contributed by atoms with E-state index in [1.54, 1.807) is 6.07 Å². The number of amides is 1. The van der Waals surface area contributed by atoms with Crippen LogP contribution < -0.4 is 10.7 Å². The molecule has 1 amide bonds. The van der Waals surface area contributed by atoms with Crippen molar-refractivity contribution in [1.29, 1.82) is 0 Å². The van der Waals surface area contributed by atoms with Crippen LogP contribution in [0.25, 0.3) is 10.9 Å². The lowest BCUT2D eigenvalue weighted by molar-refractivity contribution is 0.0731. The molecule has 2 aliphatic heterocycles. The van der Waals surface area contributed by atoms with E-state index in [1.165, 1.54) is 6.07 Å². The number of carbonyl (C=O) groups is 1. The summed E-state index contributed by atoms with van der Waals surface area (Å²) in [4.78, 5) is 29.9. The third kappa shape index (κ3) is 1.96. The van der Waals surface area contributed by atoms with E-state index in [4.69, 9.17) is 0 Å². The number of aromatic nitrogens is 1. The van der Waals surface area contributed by atoms with Gasteiger partial charge in [-0.15, -0.1) is 0 Å². The number of benzene rings is 1. The molecule has 5 heteroatoms. The van der Waals surface area contributed by atoms with Crippen molar-refractivity contribution in [2.24, 2.45) is 5.92 Å². The molecule has 5 nitrogen and oxygen atoms in total. The Morgan fingerprint density at radius 3 is 3.00 bits per heavy atom. The number of hydrogen-bond donors (Lipinski definition) is 2. The van der Waals surface area contributed by atoms with Crippen LogP contribution in [0.4, 0.5) is 0 Å². The highest BCUT2D eigenvalue weighted by atomic mass is 16.2. The molecule has 2 aliphatic rings. The van der Waals surface area contributed by atoms with E-state index >= 15 is 0 Å². The highest BCUT2D eigenvalue weighted by molar-refractivity contribution is 5.95. The van der Waals surface area contributed by atoms with Crippen molar-refractivity contribution < 1.29 is 4.79 Å². The lowest BCUT2D eigenvalue weighted by atomic mass is 10.1. The van der Waals surface area contributed by atoms with Crippen molar-refractivity contribution in [2.75, 3.05) is 19.6 Å². The smallest absolute Gasteiger partial charge is 0.270 e. The Labute approximate surface area is 122 Å². The van der Waals surface area contributed by atoms with Gasteiger partial charge in [0, 0.05) is 42.6 Å². The van der Waals surface area contributed by atoms with Crippen LogP contribution in [0.5, 0.6) is 0 Å². The molecule has 1 aromatic carbocycles. The predicted octanol–water partition coefficient (Wildman–Crippen LogP) is 0.962. The van der Waals surface area contributed by atoms with Crippen molar-refractivity contribution in [3.05, 3.63) is 46.2 Å². The van der Waals surface area contributed by atoms with Crippen LogP contribution >= 0.6 is 0 Å². The number of hydrogen-bond acceptors (Lipinski definition) is 3. The first-order valence-electron chi connectivity index (χ1n) is 7.38. The molecule has 2 fully saturated rings. The van der Waals surface area contributed by atoms with E-state index in [1.807, 2.05) is 23.1 Å². The summed E-state index contributed by atoms with van der Waals surface area (Å²) < 4.78 is 0. The van der Waals surface area contributed by atoms with E-state index < -0.39 is 0 Å². The van der Waals surface area contributed by atoms with Gasteiger partial charge in [-0.3, -0.25) is 9.59 Å². The first-order valence-corrected chi connectivity index (χ1v) is 7.38. The summed E-state index contributed by atoms with van der Waals surface area (Å²) in [6.07, 6.45) is 1.04. The molecule has 0 aliphatic carbocycles. The maximum absolute atomic E-state index is 12.7. The maximum atomic E-state index is 12.7. The fourth-order valence-electron chi connectivity index (χ4n) is 3.57. The lowest BCUT2D eigenvalue weighted by Gasteiger charge is -2.23. The first-order chi connectivity index (χ1) is 10.2. The van der Waals surface area contributed by atoms with Gasteiger partial charge in [0.25, 0.3) is 5.91 Å². The number of likely N-dealkylation sites (tertiary alicyclic amines) is 1. The highest BCUT2D eigenvalue weighted by Gasteiger charge is 2.40. The molecular formula is C16H17N3O2. The van der Waals surface area contributed by atoms with E-state index in [0.29, 0.717) is 22.5 Å². The number of aromatic amines is 1. The summed E-state index contributed by atoms with van der Waals surface area (Å²) in [7, 11) is 0. The van der Waals surface area contributed by atoms with Crippen LogP contribution in [-0.2, 0) is 0 Å². The number of fused-ring (bicyclic) bond motifs is 2. The molecule has 0 unspecified atom stereocenters. The zero-order valence-electron chi connectivity index (χ0n) is 11.6. The summed E-state index contributed by atoms with van der Waals surface area (Å²) in [6, 6.07) is 8.99. The van der Waals surface area contributed by atoms with Gasteiger partial charge in [-0.05, 0) is 24.5 Å². The summed E-state index contributed by atoms with van der Waals surface area (Å²) in [5.41, 5.74) is 1.01. The average Bonchev–Trinajstić information content (AvgIpc) is 3.09. The third-order valence-electron chi connectivity index (χ3n) is 4.67. The lowest BCUT2D eigenvalue weighted by Crippen LogP contribution is -2.39. The zero-order chi connectivity index (χ0) is 14.4. The maximum Gasteiger partial charge on any atom is 0.270 e. The molecule has 2 aromatic rings. The third-order valence-corrected chi connectivity index (χ3v) is 4.67. The van der Waals surface area contributed by atoms with Gasteiger partial charge in [-0.25, -0.2) is 0 Å². The molecule has 0 radical (unpaired) electrons. The van der Waals surface area contributed by atoms with Crippen LogP contribution in [0.15, 0.2) is 35.1 Å². The van der Waals surface area contributed by atoms with Gasteiger partial charge < -0.3 is 15.2 Å². The van der Waals surface area contributed by atoms with Gasteiger partial charge in [-0.1, -0.05) is 12.1 Å². The summed E-state index contributed by atoms with van der Waals surface area (Å²) in [5, 5.41) is 3.96. The standard InChI is InChI=1S/C16H17N3O2/c20-15-7-13(18-12-4-2-1-3-11(12)15)16(21)19-6-5-10-8-17-9-14(10)19/h1-4,7,10,14,17H,5-6,8-9H2,(H,18,20)/t10-,14+/m0/s1. The second-order valence-electron chi connectivity index (χ2n) is 5.87. The van der Waals surface area contributed by atoms with Gasteiger partial charge in [0.15, 0.2) is 5.43 Å². The Balaban J connectivity index is 1.73. The minimum atomic E-state index is -0.104. The van der Waals surface area contributed by atoms with Crippen LogP contribution in [0.1, 0.15) is 16.9 Å². The van der Waals surface area contributed by atoms with Gasteiger partial charge in [-0.2, -0.15) is 0 Å². The second kappa shape index (κ2) is 4.70. The zero-order valence-corrected chi connectivity index (χ0v) is 11.6. The van der Waals surface area contributed by atoms with Gasteiger partial charge in [0.2, 0.25) is 0 Å².